The average molecular weight is 371 g/mol. The first-order chi connectivity index (χ1) is 13.0. The van der Waals surface area contributed by atoms with E-state index in [1.165, 1.54) is 7.11 Å². The molecule has 3 rings (SSSR count). The number of furan rings is 1. The van der Waals surface area contributed by atoms with Gasteiger partial charge in [0, 0.05) is 16.6 Å². The summed E-state index contributed by atoms with van der Waals surface area (Å²) in [5.41, 5.74) is 2.09. The lowest BCUT2D eigenvalue weighted by Crippen LogP contribution is -2.12. The van der Waals surface area contributed by atoms with Crippen LogP contribution in [0, 0.1) is 6.92 Å². The molecule has 0 bridgehead atoms. The summed E-state index contributed by atoms with van der Waals surface area (Å²) in [6.45, 7) is 4.19. The van der Waals surface area contributed by atoms with Gasteiger partial charge in [0.1, 0.15) is 11.5 Å². The van der Waals surface area contributed by atoms with Crippen LogP contribution in [0.1, 0.15) is 28.7 Å². The number of hydrogen-bond donors (Lipinski definition) is 0. The lowest BCUT2D eigenvalue weighted by Gasteiger charge is -2.07. The number of esters is 2. The van der Waals surface area contributed by atoms with Crippen LogP contribution in [0.3, 0.4) is 0 Å². The zero-order valence-corrected chi connectivity index (χ0v) is 15.5. The van der Waals surface area contributed by atoms with E-state index >= 15 is 0 Å². The van der Waals surface area contributed by atoms with E-state index in [1.54, 1.807) is 25.3 Å². The molecule has 0 saturated heterocycles. The number of carbonyl (C=O) groups excluding carboxylic acids is 2. The molecule has 3 aromatic rings. The van der Waals surface area contributed by atoms with Gasteiger partial charge in [0.2, 0.25) is 0 Å². The number of nitrogens with zero attached hydrogens (tertiary/aromatic N) is 1. The van der Waals surface area contributed by atoms with E-state index in [1.807, 2.05) is 29.7 Å². The van der Waals surface area contributed by atoms with E-state index in [0.29, 0.717) is 23.2 Å². The van der Waals surface area contributed by atoms with E-state index in [-0.39, 0.29) is 13.2 Å². The van der Waals surface area contributed by atoms with Crippen molar-refractivity contribution in [2.45, 2.75) is 20.4 Å². The first-order valence-electron chi connectivity index (χ1n) is 8.57. The zero-order valence-electron chi connectivity index (χ0n) is 15.5. The molecule has 0 spiro atoms. The van der Waals surface area contributed by atoms with Crippen molar-refractivity contribution in [2.24, 2.45) is 0 Å². The maximum Gasteiger partial charge on any atom is 0.343 e. The average Bonchev–Trinajstić information content (AvgIpc) is 3.26. The van der Waals surface area contributed by atoms with Crippen LogP contribution in [0.4, 0.5) is 0 Å². The van der Waals surface area contributed by atoms with Crippen LogP contribution in [0.15, 0.2) is 41.0 Å². The van der Waals surface area contributed by atoms with Gasteiger partial charge in [-0.05, 0) is 44.2 Å². The maximum absolute atomic E-state index is 12.5. The first kappa shape index (κ1) is 18.6. The van der Waals surface area contributed by atoms with Crippen molar-refractivity contribution in [2.75, 3.05) is 20.3 Å². The third kappa shape index (κ3) is 3.81. The van der Waals surface area contributed by atoms with E-state index in [2.05, 4.69) is 4.74 Å². The first-order valence-corrected chi connectivity index (χ1v) is 8.57. The van der Waals surface area contributed by atoms with Gasteiger partial charge in [-0.25, -0.2) is 9.59 Å². The normalized spacial score (nSPS) is 10.8. The largest absolute Gasteiger partial charge is 0.482 e. The third-order valence-electron chi connectivity index (χ3n) is 4.25. The second-order valence-corrected chi connectivity index (χ2v) is 5.89. The Hall–Kier alpha value is -3.22. The van der Waals surface area contributed by atoms with Gasteiger partial charge in [-0.2, -0.15) is 0 Å². The minimum absolute atomic E-state index is 0.206. The van der Waals surface area contributed by atoms with E-state index in [4.69, 9.17) is 13.9 Å². The highest BCUT2D eigenvalue weighted by Gasteiger charge is 2.22. The highest BCUT2D eigenvalue weighted by atomic mass is 16.6. The van der Waals surface area contributed by atoms with Gasteiger partial charge in [-0.15, -0.1) is 0 Å². The number of fused-ring (bicyclic) bond motifs is 1. The fourth-order valence-electron chi connectivity index (χ4n) is 2.98. The molecule has 7 heteroatoms. The second kappa shape index (κ2) is 7.99. The molecule has 1 aromatic carbocycles. The van der Waals surface area contributed by atoms with Crippen LogP contribution in [-0.2, 0) is 20.8 Å². The van der Waals surface area contributed by atoms with Gasteiger partial charge in [0.15, 0.2) is 6.61 Å². The van der Waals surface area contributed by atoms with Crippen LogP contribution >= 0.6 is 0 Å². The Kier molecular flexibility index (Phi) is 5.49. The summed E-state index contributed by atoms with van der Waals surface area (Å²) < 4.78 is 22.7. The predicted molar refractivity (Wildman–Crippen MR) is 98.0 cm³/mol. The standard InChI is InChI=1S/C20H21NO6/c1-4-25-20(23)19-13(2)21(11-15-6-5-9-26-15)17-8-7-14(10-16(17)19)27-12-18(22)24-3/h5-10H,4,11-12H2,1-3H3. The molecular weight excluding hydrogens is 350 g/mol. The lowest BCUT2D eigenvalue weighted by atomic mass is 10.1. The maximum atomic E-state index is 12.5. The molecule has 0 saturated carbocycles. The summed E-state index contributed by atoms with van der Waals surface area (Å²) in [6.07, 6.45) is 1.61. The molecule has 7 nitrogen and oxygen atoms in total. The van der Waals surface area contributed by atoms with Crippen LogP contribution in [-0.4, -0.2) is 36.8 Å². The molecule has 0 radical (unpaired) electrons. The van der Waals surface area contributed by atoms with E-state index in [9.17, 15) is 9.59 Å². The Balaban J connectivity index is 2.06. The Morgan fingerprint density at radius 1 is 1.22 bits per heavy atom. The van der Waals surface area contributed by atoms with Crippen molar-refractivity contribution in [3.8, 4) is 5.75 Å². The number of ether oxygens (including phenoxy) is 3. The molecule has 0 atom stereocenters. The summed E-state index contributed by atoms with van der Waals surface area (Å²) in [6, 6.07) is 9.03. The number of carbonyl (C=O) groups is 2. The Morgan fingerprint density at radius 3 is 2.70 bits per heavy atom. The molecule has 0 aliphatic rings. The molecule has 2 aromatic heterocycles. The molecule has 0 aliphatic heterocycles. The van der Waals surface area contributed by atoms with Crippen molar-refractivity contribution >= 4 is 22.8 Å². The third-order valence-corrected chi connectivity index (χ3v) is 4.25. The number of hydrogen-bond acceptors (Lipinski definition) is 6. The number of rotatable bonds is 7. The smallest absolute Gasteiger partial charge is 0.343 e. The molecule has 0 unspecified atom stereocenters. The fourth-order valence-corrected chi connectivity index (χ4v) is 2.98. The van der Waals surface area contributed by atoms with Crippen LogP contribution in [0.5, 0.6) is 5.75 Å². The minimum atomic E-state index is -0.479. The van der Waals surface area contributed by atoms with Gasteiger partial charge in [0.25, 0.3) is 0 Å². The summed E-state index contributed by atoms with van der Waals surface area (Å²) in [5, 5.41) is 0.694. The van der Waals surface area contributed by atoms with Gasteiger partial charge in [-0.1, -0.05) is 0 Å². The molecule has 0 fully saturated rings. The zero-order chi connectivity index (χ0) is 19.4. The highest BCUT2D eigenvalue weighted by molar-refractivity contribution is 6.06. The van der Waals surface area contributed by atoms with Gasteiger partial charge in [-0.3, -0.25) is 0 Å². The number of benzene rings is 1. The van der Waals surface area contributed by atoms with Gasteiger partial charge in [0.05, 0.1) is 32.1 Å². The Morgan fingerprint density at radius 2 is 2.04 bits per heavy atom. The number of methoxy groups -OCH3 is 1. The van der Waals surface area contributed by atoms with Crippen molar-refractivity contribution in [1.29, 1.82) is 0 Å². The number of aromatic nitrogens is 1. The van der Waals surface area contributed by atoms with Gasteiger partial charge < -0.3 is 23.2 Å². The molecule has 0 amide bonds. The van der Waals surface area contributed by atoms with Crippen LogP contribution in [0.25, 0.3) is 10.9 Å². The minimum Gasteiger partial charge on any atom is -0.482 e. The van der Waals surface area contributed by atoms with Gasteiger partial charge >= 0.3 is 11.9 Å². The summed E-state index contributed by atoms with van der Waals surface area (Å²) in [5.74, 6) is 0.362. The Labute approximate surface area is 156 Å². The van der Waals surface area contributed by atoms with Crippen molar-refractivity contribution in [1.82, 2.24) is 4.57 Å². The highest BCUT2D eigenvalue weighted by Crippen LogP contribution is 2.31. The molecular formula is C20H21NO6. The molecule has 0 aliphatic carbocycles. The second-order valence-electron chi connectivity index (χ2n) is 5.89. The van der Waals surface area contributed by atoms with Crippen molar-refractivity contribution in [3.63, 3.8) is 0 Å². The molecule has 2 heterocycles. The fraction of sp³-hybridized carbons (Fsp3) is 0.300. The Bertz CT molecular complexity index is 955. The van der Waals surface area contributed by atoms with Crippen molar-refractivity contribution < 1.29 is 28.2 Å². The van der Waals surface area contributed by atoms with E-state index < -0.39 is 11.9 Å². The van der Waals surface area contributed by atoms with Crippen LogP contribution in [0.2, 0.25) is 0 Å². The summed E-state index contributed by atoms with van der Waals surface area (Å²) in [7, 11) is 1.30. The lowest BCUT2D eigenvalue weighted by molar-refractivity contribution is -0.142. The summed E-state index contributed by atoms with van der Waals surface area (Å²) >= 11 is 0. The molecule has 0 N–H and O–H groups in total. The van der Waals surface area contributed by atoms with Crippen LogP contribution < -0.4 is 4.74 Å². The molecule has 142 valence electrons. The SMILES string of the molecule is CCOC(=O)c1c(C)n(Cc2ccco2)c2ccc(OCC(=O)OC)cc12. The monoisotopic (exact) mass is 371 g/mol. The summed E-state index contributed by atoms with van der Waals surface area (Å²) in [4.78, 5) is 23.9. The predicted octanol–water partition coefficient (Wildman–Crippen LogP) is 3.32. The quantitative estimate of drug-likeness (QED) is 0.593. The van der Waals surface area contributed by atoms with E-state index in [0.717, 1.165) is 17.0 Å². The topological polar surface area (TPSA) is 79.9 Å². The molecule has 27 heavy (non-hydrogen) atoms. The van der Waals surface area contributed by atoms with Crippen molar-refractivity contribution in [3.05, 3.63) is 53.6 Å².